The van der Waals surface area contributed by atoms with Gasteiger partial charge < -0.3 is 0 Å². The molecule has 0 N–H and O–H groups in total. The van der Waals surface area contributed by atoms with E-state index in [2.05, 4.69) is 34.5 Å². The van der Waals surface area contributed by atoms with E-state index in [1.54, 1.807) is 0 Å². The van der Waals surface area contributed by atoms with Crippen molar-refractivity contribution in [3.8, 4) is 0 Å². The molecule has 3 aromatic rings. The Hall–Kier alpha value is -2.16. The number of nitrogens with zero attached hydrogens (tertiary/aromatic N) is 3. The molecule has 0 radical (unpaired) electrons. The summed E-state index contributed by atoms with van der Waals surface area (Å²) in [6.07, 6.45) is 2.22. The van der Waals surface area contributed by atoms with Gasteiger partial charge in [-0.15, -0.1) is 0 Å². The molecule has 2 aromatic carbocycles. The Balaban J connectivity index is 1.85. The van der Waals surface area contributed by atoms with E-state index in [-0.39, 0.29) is 0 Å². The normalized spacial score (nSPS) is 18.1. The first-order valence-electron chi connectivity index (χ1n) is 6.31. The zero-order valence-electron chi connectivity index (χ0n) is 9.95. The van der Waals surface area contributed by atoms with Gasteiger partial charge in [-0.05, 0) is 36.1 Å². The highest BCUT2D eigenvalue weighted by Crippen LogP contribution is 2.33. The van der Waals surface area contributed by atoms with Crippen LogP contribution in [-0.2, 0) is 6.42 Å². The van der Waals surface area contributed by atoms with Crippen LogP contribution in [0.5, 0.6) is 0 Å². The molecule has 1 unspecified atom stereocenters. The van der Waals surface area contributed by atoms with Crippen molar-refractivity contribution in [1.82, 2.24) is 15.0 Å². The van der Waals surface area contributed by atoms with E-state index in [0.29, 0.717) is 6.04 Å². The number of aryl methyl sites for hydroxylation is 1. The monoisotopic (exact) mass is 235 g/mol. The highest BCUT2D eigenvalue weighted by molar-refractivity contribution is 5.73. The number of rotatable bonds is 1. The maximum Gasteiger partial charge on any atom is 0.113 e. The summed E-state index contributed by atoms with van der Waals surface area (Å²) < 4.78 is 0. The van der Waals surface area contributed by atoms with Gasteiger partial charge in [0.1, 0.15) is 11.0 Å². The summed E-state index contributed by atoms with van der Waals surface area (Å²) in [5.41, 5.74) is 4.76. The van der Waals surface area contributed by atoms with Crippen LogP contribution in [0.4, 0.5) is 0 Å². The minimum absolute atomic E-state index is 0.300. The van der Waals surface area contributed by atoms with Crippen LogP contribution in [-0.4, -0.2) is 15.0 Å². The van der Waals surface area contributed by atoms with Crippen LogP contribution < -0.4 is 0 Å². The highest BCUT2D eigenvalue weighted by Gasteiger charge is 2.25. The average Bonchev–Trinajstić information content (AvgIpc) is 3.02. The zero-order chi connectivity index (χ0) is 11.9. The molecule has 0 fully saturated rings. The van der Waals surface area contributed by atoms with E-state index < -0.39 is 0 Å². The van der Waals surface area contributed by atoms with Gasteiger partial charge in [0, 0.05) is 0 Å². The summed E-state index contributed by atoms with van der Waals surface area (Å²) in [5.74, 6) is 0. The zero-order valence-corrected chi connectivity index (χ0v) is 9.95. The third kappa shape index (κ3) is 1.37. The van der Waals surface area contributed by atoms with Crippen molar-refractivity contribution in [3.05, 3.63) is 59.7 Å². The van der Waals surface area contributed by atoms with Gasteiger partial charge in [0.25, 0.3) is 0 Å². The van der Waals surface area contributed by atoms with E-state index in [9.17, 15) is 0 Å². The smallest absolute Gasteiger partial charge is 0.113 e. The van der Waals surface area contributed by atoms with Gasteiger partial charge in [-0.25, -0.2) is 0 Å². The first kappa shape index (κ1) is 9.83. The van der Waals surface area contributed by atoms with E-state index in [4.69, 9.17) is 0 Å². The third-order valence-corrected chi connectivity index (χ3v) is 3.68. The molecule has 1 heterocycles. The Morgan fingerprint density at radius 1 is 0.889 bits per heavy atom. The number of hydrogen-bond acceptors (Lipinski definition) is 2. The van der Waals surface area contributed by atoms with E-state index in [0.717, 1.165) is 23.9 Å². The Morgan fingerprint density at radius 2 is 1.56 bits per heavy atom. The SMILES string of the molecule is c1ccc2c(c1)CCC2n1nc2ccccc2n1. The maximum absolute atomic E-state index is 4.60. The van der Waals surface area contributed by atoms with Crippen molar-refractivity contribution in [3.63, 3.8) is 0 Å². The van der Waals surface area contributed by atoms with Crippen LogP contribution in [0.3, 0.4) is 0 Å². The second-order valence-corrected chi connectivity index (χ2v) is 4.76. The summed E-state index contributed by atoms with van der Waals surface area (Å²) in [6, 6.07) is 16.9. The molecule has 1 aliphatic rings. The molecule has 1 aliphatic carbocycles. The van der Waals surface area contributed by atoms with Crippen molar-refractivity contribution in [2.24, 2.45) is 0 Å². The topological polar surface area (TPSA) is 30.7 Å². The number of benzene rings is 2. The molecule has 1 aromatic heterocycles. The molecule has 3 heteroatoms. The predicted octanol–water partition coefficient (Wildman–Crippen LogP) is 2.97. The molecule has 0 aliphatic heterocycles. The van der Waals surface area contributed by atoms with Gasteiger partial charge in [-0.1, -0.05) is 36.4 Å². The predicted molar refractivity (Wildman–Crippen MR) is 70.4 cm³/mol. The average molecular weight is 235 g/mol. The van der Waals surface area contributed by atoms with Gasteiger partial charge in [-0.2, -0.15) is 15.0 Å². The number of fused-ring (bicyclic) bond motifs is 2. The Labute approximate surface area is 105 Å². The van der Waals surface area contributed by atoms with E-state index >= 15 is 0 Å². The van der Waals surface area contributed by atoms with Crippen molar-refractivity contribution >= 4 is 11.0 Å². The Kier molecular flexibility index (Phi) is 2.00. The maximum atomic E-state index is 4.60. The lowest BCUT2D eigenvalue weighted by atomic mass is 10.1. The van der Waals surface area contributed by atoms with E-state index in [1.807, 2.05) is 29.1 Å². The molecule has 4 rings (SSSR count). The second kappa shape index (κ2) is 3.67. The first-order chi connectivity index (χ1) is 8.92. The summed E-state index contributed by atoms with van der Waals surface area (Å²) in [5, 5.41) is 9.20. The minimum atomic E-state index is 0.300. The molecular formula is C15H13N3. The number of aromatic nitrogens is 3. The summed E-state index contributed by atoms with van der Waals surface area (Å²) in [6.45, 7) is 0. The van der Waals surface area contributed by atoms with Gasteiger partial charge in [0.05, 0.1) is 6.04 Å². The molecule has 88 valence electrons. The van der Waals surface area contributed by atoms with Gasteiger partial charge in [0.15, 0.2) is 0 Å². The fourth-order valence-electron chi connectivity index (χ4n) is 2.79. The lowest BCUT2D eigenvalue weighted by Crippen LogP contribution is -2.10. The van der Waals surface area contributed by atoms with Gasteiger partial charge in [0.2, 0.25) is 0 Å². The molecular weight excluding hydrogens is 222 g/mol. The molecule has 0 spiro atoms. The van der Waals surface area contributed by atoms with E-state index in [1.165, 1.54) is 11.1 Å². The van der Waals surface area contributed by atoms with Crippen molar-refractivity contribution in [2.75, 3.05) is 0 Å². The summed E-state index contributed by atoms with van der Waals surface area (Å²) >= 11 is 0. The Morgan fingerprint density at radius 3 is 2.33 bits per heavy atom. The fourth-order valence-corrected chi connectivity index (χ4v) is 2.79. The van der Waals surface area contributed by atoms with Crippen LogP contribution in [0, 0.1) is 0 Å². The van der Waals surface area contributed by atoms with Crippen LogP contribution in [0.1, 0.15) is 23.6 Å². The molecule has 3 nitrogen and oxygen atoms in total. The third-order valence-electron chi connectivity index (χ3n) is 3.68. The van der Waals surface area contributed by atoms with Crippen molar-refractivity contribution < 1.29 is 0 Å². The summed E-state index contributed by atoms with van der Waals surface area (Å²) in [4.78, 5) is 1.89. The van der Waals surface area contributed by atoms with Gasteiger partial charge in [-0.3, -0.25) is 0 Å². The lowest BCUT2D eigenvalue weighted by molar-refractivity contribution is 0.465. The standard InChI is InChI=1S/C15H13N3/c1-2-6-12-11(5-1)9-10-15(12)18-16-13-7-3-4-8-14(13)17-18/h1-8,15H,9-10H2. The molecule has 18 heavy (non-hydrogen) atoms. The van der Waals surface area contributed by atoms with Crippen LogP contribution in [0.15, 0.2) is 48.5 Å². The Bertz CT molecular complexity index is 681. The minimum Gasteiger partial charge on any atom is -0.176 e. The van der Waals surface area contributed by atoms with Crippen LogP contribution in [0.25, 0.3) is 11.0 Å². The molecule has 1 atom stereocenters. The van der Waals surface area contributed by atoms with Crippen molar-refractivity contribution in [1.29, 1.82) is 0 Å². The fraction of sp³-hybridized carbons (Fsp3) is 0.200. The first-order valence-corrected chi connectivity index (χ1v) is 6.31. The van der Waals surface area contributed by atoms with Crippen molar-refractivity contribution in [2.45, 2.75) is 18.9 Å². The largest absolute Gasteiger partial charge is 0.176 e. The number of hydrogen-bond donors (Lipinski definition) is 0. The molecule has 0 amide bonds. The van der Waals surface area contributed by atoms with Crippen LogP contribution in [0.2, 0.25) is 0 Å². The molecule has 0 saturated heterocycles. The summed E-state index contributed by atoms with van der Waals surface area (Å²) in [7, 11) is 0. The molecule has 0 bridgehead atoms. The van der Waals surface area contributed by atoms with Crippen LogP contribution >= 0.6 is 0 Å². The highest BCUT2D eigenvalue weighted by atomic mass is 15.5. The quantitative estimate of drug-likeness (QED) is 0.649. The second-order valence-electron chi connectivity index (χ2n) is 4.76. The van der Waals surface area contributed by atoms with Gasteiger partial charge >= 0.3 is 0 Å². The lowest BCUT2D eigenvalue weighted by Gasteiger charge is -2.09. The molecule has 0 saturated carbocycles.